The summed E-state index contributed by atoms with van der Waals surface area (Å²) >= 11 is 0. The lowest BCUT2D eigenvalue weighted by Gasteiger charge is -2.43. The predicted molar refractivity (Wildman–Crippen MR) is 337 cm³/mol. The number of likely N-dealkylation sites (tertiary alicyclic amines) is 1. The number of hydrogen-bond acceptors (Lipinski definition) is 25. The summed E-state index contributed by atoms with van der Waals surface area (Å²) in [5, 5.41) is 116. The van der Waals surface area contributed by atoms with Crippen molar-refractivity contribution in [1.82, 2.24) is 42.1 Å². The molecule has 34 nitrogen and oxygen atoms in total. The number of carbonyl (C=O) groups is 13. The van der Waals surface area contributed by atoms with Gasteiger partial charge in [-0.25, -0.2) is 0 Å². The van der Waals surface area contributed by atoms with E-state index in [-0.39, 0.29) is 66.1 Å². The van der Waals surface area contributed by atoms with E-state index in [4.69, 9.17) is 19.9 Å². The third-order valence-electron chi connectivity index (χ3n) is 18.5. The summed E-state index contributed by atoms with van der Waals surface area (Å²) in [7, 11) is 1.25. The summed E-state index contributed by atoms with van der Waals surface area (Å²) in [6.07, 6.45) is -8.33. The van der Waals surface area contributed by atoms with Crippen molar-refractivity contribution in [3.63, 3.8) is 0 Å². The van der Waals surface area contributed by atoms with Crippen LogP contribution >= 0.6 is 0 Å². The first-order valence-electron chi connectivity index (χ1n) is 32.8. The van der Waals surface area contributed by atoms with Crippen molar-refractivity contribution in [2.75, 3.05) is 33.5 Å². The number of nitrogens with zero attached hydrogens (tertiary/aromatic N) is 1. The second kappa shape index (κ2) is 33.9. The van der Waals surface area contributed by atoms with E-state index in [0.29, 0.717) is 25.7 Å². The SMILES string of the molecule is COc1cccc2c1C(=O)c1c(O)c3c(c(O)c1C2=O)CC(O)(C(=O)CO)CC3OC1CC(NC(=O)C(CC(C)C)NC(=O)C(CO)NC(=O)C(CCC(N)=O)NC(=O)C(NC(=O)C(CO)NC(=O)C(C)NC(=O)C2CC(O)CN2C(=O)CCCC(=O)[O-])C2CCCCC2)C(O)C(C)O1. The molecule has 0 spiro atoms. The smallest absolute Gasteiger partial charge is 0.245 e. The van der Waals surface area contributed by atoms with Gasteiger partial charge in [0.25, 0.3) is 0 Å². The number of nitrogens with one attached hydrogen (secondary N) is 7. The molecule has 2 aromatic carbocycles. The molecule has 17 N–H and O–H groups in total. The predicted octanol–water partition coefficient (Wildman–Crippen LogP) is -5.15. The van der Waals surface area contributed by atoms with Crippen LogP contribution in [0.5, 0.6) is 17.2 Å². The molecule has 14 atom stereocenters. The first-order valence-corrected chi connectivity index (χ1v) is 32.8. The number of aromatic hydroxyl groups is 2. The van der Waals surface area contributed by atoms with Crippen molar-refractivity contribution >= 4 is 76.5 Å². The van der Waals surface area contributed by atoms with E-state index in [1.807, 2.05) is 0 Å². The zero-order chi connectivity index (χ0) is 73.1. The van der Waals surface area contributed by atoms with Crippen LogP contribution in [-0.4, -0.2) is 234 Å². The number of ketones is 3. The number of nitrogens with two attached hydrogens (primary N) is 1. The molecule has 544 valence electrons. The number of methoxy groups -OCH3 is 1. The Hall–Kier alpha value is -8.77. The van der Waals surface area contributed by atoms with Gasteiger partial charge in [0.05, 0.1) is 61.4 Å². The molecule has 9 amide bonds. The molecule has 7 rings (SSSR count). The first kappa shape index (κ1) is 77.6. The Morgan fingerprint density at radius 1 is 0.747 bits per heavy atom. The zero-order valence-corrected chi connectivity index (χ0v) is 55.4. The quantitative estimate of drug-likeness (QED) is 0.0268. The summed E-state index contributed by atoms with van der Waals surface area (Å²) in [4.78, 5) is 176. The molecular weight excluding hydrogens is 1310 g/mol. The second-order valence-electron chi connectivity index (χ2n) is 26.1. The monoisotopic (exact) mass is 1390 g/mol. The average Bonchev–Trinajstić information content (AvgIpc) is 1.09. The highest BCUT2D eigenvalue weighted by molar-refractivity contribution is 6.31. The minimum atomic E-state index is -2.51. The summed E-state index contributed by atoms with van der Waals surface area (Å²) in [6.45, 7) is 2.43. The fourth-order valence-electron chi connectivity index (χ4n) is 13.3. The van der Waals surface area contributed by atoms with Crippen molar-refractivity contribution < 1.29 is 122 Å². The van der Waals surface area contributed by atoms with Gasteiger partial charge in [-0.15, -0.1) is 0 Å². The van der Waals surface area contributed by atoms with E-state index in [0.717, 1.165) is 11.3 Å². The van der Waals surface area contributed by atoms with Crippen LogP contribution < -0.4 is 52.8 Å². The molecule has 2 aliphatic heterocycles. The Morgan fingerprint density at radius 2 is 1.36 bits per heavy atom. The van der Waals surface area contributed by atoms with E-state index < -0.39 is 248 Å². The second-order valence-corrected chi connectivity index (χ2v) is 26.1. The molecule has 34 heteroatoms. The Balaban J connectivity index is 1.03. The van der Waals surface area contributed by atoms with Crippen molar-refractivity contribution in [2.45, 2.75) is 209 Å². The number of carbonyl (C=O) groups excluding carboxylic acids is 13. The highest BCUT2D eigenvalue weighted by atomic mass is 16.7. The average molecular weight is 1400 g/mol. The molecule has 0 radical (unpaired) electrons. The summed E-state index contributed by atoms with van der Waals surface area (Å²) in [6, 6.07) is -8.10. The van der Waals surface area contributed by atoms with Gasteiger partial charge >= 0.3 is 0 Å². The number of benzene rings is 2. The number of Topliss-reactive ketones (excluding diaryl/α,β-unsaturated/α-hetero) is 1. The van der Waals surface area contributed by atoms with Gasteiger partial charge in [-0.3, -0.25) is 57.5 Å². The van der Waals surface area contributed by atoms with Crippen LogP contribution in [0.3, 0.4) is 0 Å². The van der Waals surface area contributed by atoms with Crippen molar-refractivity contribution in [1.29, 1.82) is 0 Å². The minimum absolute atomic E-state index is 0.0285. The maximum atomic E-state index is 14.4. The third kappa shape index (κ3) is 18.4. The number of aliphatic hydroxyl groups excluding tert-OH is 5. The van der Waals surface area contributed by atoms with Crippen molar-refractivity contribution in [3.8, 4) is 17.2 Å². The van der Waals surface area contributed by atoms with Gasteiger partial charge in [0.15, 0.2) is 17.9 Å². The fraction of sp³-hybridized carbons (Fsp3) is 0.615. The summed E-state index contributed by atoms with van der Waals surface area (Å²) in [5.41, 5.74) is 0.550. The lowest BCUT2D eigenvalue weighted by Crippen LogP contribution is -2.62. The number of aliphatic carboxylic acids is 1. The molecule has 2 heterocycles. The van der Waals surface area contributed by atoms with E-state index >= 15 is 0 Å². The maximum Gasteiger partial charge on any atom is 0.245 e. The van der Waals surface area contributed by atoms with Gasteiger partial charge < -0.3 is 113 Å². The van der Waals surface area contributed by atoms with Gasteiger partial charge in [-0.1, -0.05) is 45.2 Å². The zero-order valence-electron chi connectivity index (χ0n) is 55.4. The molecule has 2 aromatic rings. The van der Waals surface area contributed by atoms with Crippen LogP contribution in [-0.2, 0) is 68.6 Å². The fourth-order valence-corrected chi connectivity index (χ4v) is 13.3. The highest BCUT2D eigenvalue weighted by Gasteiger charge is 2.51. The van der Waals surface area contributed by atoms with Crippen LogP contribution in [0.2, 0.25) is 0 Å². The molecule has 0 aromatic heterocycles. The lowest BCUT2D eigenvalue weighted by atomic mass is 9.72. The highest BCUT2D eigenvalue weighted by Crippen LogP contribution is 2.53. The molecule has 3 fully saturated rings. The molecule has 0 bridgehead atoms. The van der Waals surface area contributed by atoms with Crippen molar-refractivity contribution in [2.24, 2.45) is 17.6 Å². The van der Waals surface area contributed by atoms with Crippen molar-refractivity contribution in [3.05, 3.63) is 51.6 Å². The van der Waals surface area contributed by atoms with Crippen LogP contribution in [0.1, 0.15) is 167 Å². The lowest BCUT2D eigenvalue weighted by molar-refractivity contribution is -0.305. The standard InChI is InChI=1S/C65H89N9O25/c1-28(2)19-37(60(91)69-36-21-47(98-30(4)53(36)84)99-42-23-65(96,43(79)27-77)22-34-49(42)57(88)51-50(55(34)86)54(85)33-13-9-14-41(97-5)48(33)56(51)87)70-61(92)38(25-75)72-59(90)35(17-18-44(66)80)68-64(95)52(31-11-7-6-8-12-31)73-62(93)39(26-76)71-58(89)29(3)67-63(94)40-20-32(78)24-74(40)45(81)15-10-16-46(82)83/h9,13-14,28-32,35-40,42,47,52-53,75-78,84,86,88,96H,6-8,10-12,15-27H2,1-5H3,(H2,66,80)(H,67,94)(H,68,95)(H,69,91)(H,70,92)(H,71,89)(H,72,90)(H,73,93)(H,82,83)/p-1. The van der Waals surface area contributed by atoms with Gasteiger partial charge in [-0.2, -0.15) is 0 Å². The Labute approximate surface area is 567 Å². The van der Waals surface area contributed by atoms with Gasteiger partial charge in [0.1, 0.15) is 77.9 Å². The number of hydrogen-bond donors (Lipinski definition) is 16. The van der Waals surface area contributed by atoms with Crippen LogP contribution in [0.25, 0.3) is 0 Å². The molecule has 14 unspecified atom stereocenters. The third-order valence-corrected chi connectivity index (χ3v) is 18.5. The number of carboxylic acids is 1. The number of phenols is 2. The first-order chi connectivity index (χ1) is 46.8. The Kier molecular flexibility index (Phi) is 26.5. The maximum absolute atomic E-state index is 14.4. The van der Waals surface area contributed by atoms with Crippen LogP contribution in [0.4, 0.5) is 0 Å². The van der Waals surface area contributed by atoms with E-state index in [1.165, 1.54) is 39.2 Å². The largest absolute Gasteiger partial charge is 0.550 e. The van der Waals surface area contributed by atoms with E-state index in [2.05, 4.69) is 37.2 Å². The number of amides is 9. The Morgan fingerprint density at radius 3 is 1.98 bits per heavy atom. The van der Waals surface area contributed by atoms with Gasteiger partial charge in [0, 0.05) is 67.7 Å². The normalized spacial score (nSPS) is 23.8. The summed E-state index contributed by atoms with van der Waals surface area (Å²) in [5.74, 6) is -15.8. The molecule has 5 aliphatic rings. The number of fused-ring (bicyclic) bond motifs is 3. The minimum Gasteiger partial charge on any atom is -0.550 e. The topological polar surface area (TPSA) is 548 Å². The number of aliphatic hydroxyl groups is 6. The van der Waals surface area contributed by atoms with Crippen LogP contribution in [0, 0.1) is 11.8 Å². The number of carboxylic acid groups (broad SMARTS) is 1. The summed E-state index contributed by atoms with van der Waals surface area (Å²) < 4.78 is 17.7. The molecule has 1 saturated carbocycles. The van der Waals surface area contributed by atoms with E-state index in [9.17, 15) is 108 Å². The van der Waals surface area contributed by atoms with Crippen LogP contribution in [0.15, 0.2) is 18.2 Å². The van der Waals surface area contributed by atoms with Gasteiger partial charge in [-0.05, 0) is 70.3 Å². The molecular formula is C65H88N9O25-. The number of ether oxygens (including phenoxy) is 3. The molecule has 2 saturated heterocycles. The van der Waals surface area contributed by atoms with E-state index in [1.54, 1.807) is 13.8 Å². The number of rotatable bonds is 31. The number of β-amino-alcohol motifs (C(OH)–C–C–N with tert-alkyl or cyclic N) is 1. The molecule has 99 heavy (non-hydrogen) atoms. The number of primary amides is 1. The Bertz CT molecular complexity index is 3430. The van der Waals surface area contributed by atoms with Gasteiger partial charge in [0.2, 0.25) is 58.9 Å². The molecule has 3 aliphatic carbocycles. The number of phenolic OH excluding ortho intramolecular Hbond substituents is 2.